The number of carbonyl (C=O) groups excluding carboxylic acids is 1. The number of hydrogen-bond donors (Lipinski definition) is 0. The van der Waals surface area contributed by atoms with Crippen LogP contribution in [0.5, 0.6) is 5.75 Å². The first-order valence-electron chi connectivity index (χ1n) is 8.81. The molecule has 3 aromatic carbocycles. The van der Waals surface area contributed by atoms with E-state index in [4.69, 9.17) is 4.74 Å². The second-order valence-electron chi connectivity index (χ2n) is 6.39. The van der Waals surface area contributed by atoms with Gasteiger partial charge in [-0.3, -0.25) is 0 Å². The van der Waals surface area contributed by atoms with Crippen LogP contribution in [0.1, 0.15) is 9.67 Å². The molecule has 2 aromatic heterocycles. The van der Waals surface area contributed by atoms with Crippen LogP contribution in [0, 0.1) is 8.70 Å². The summed E-state index contributed by atoms with van der Waals surface area (Å²) in [5, 5.41) is 2.54. The van der Waals surface area contributed by atoms with Crippen LogP contribution in [-0.2, 0) is 0 Å². The predicted octanol–water partition coefficient (Wildman–Crippen LogP) is 7.76. The van der Waals surface area contributed by atoms with Crippen molar-refractivity contribution in [2.24, 2.45) is 0 Å². The highest BCUT2D eigenvalue weighted by Crippen LogP contribution is 2.48. The summed E-state index contributed by atoms with van der Waals surface area (Å²) in [6.45, 7) is 0. The molecule has 0 aliphatic heterocycles. The standard InChI is InChI=1S/C23H13FIO2S2/c24-18-13-21(25)28-22(18)23(26)27-14-9-11-15(12-10-14)29-19-7-3-1-5-16(19)17-6-2-4-8-20(17)29/h1-13H/q+1. The molecule has 0 bridgehead atoms. The van der Waals surface area contributed by atoms with Crippen molar-refractivity contribution in [3.05, 3.63) is 92.4 Å². The molecule has 0 aliphatic carbocycles. The van der Waals surface area contributed by atoms with E-state index in [9.17, 15) is 9.18 Å². The summed E-state index contributed by atoms with van der Waals surface area (Å²) in [5.74, 6) is -0.797. The van der Waals surface area contributed by atoms with Crippen LogP contribution in [0.2, 0.25) is 0 Å². The molecule has 0 saturated heterocycles. The first-order chi connectivity index (χ1) is 14.1. The lowest BCUT2D eigenvalue weighted by Gasteiger charge is -2.02. The summed E-state index contributed by atoms with van der Waals surface area (Å²) < 4.78 is 22.5. The fraction of sp³-hybridized carbons (Fsp3) is 0. The molecule has 0 aliphatic rings. The van der Waals surface area contributed by atoms with Crippen LogP contribution in [0.4, 0.5) is 4.39 Å². The molecule has 6 heteroatoms. The Morgan fingerprint density at radius 1 is 0.897 bits per heavy atom. The SMILES string of the molecule is O=C(Oc1ccc(-[s+]2c3ccccc3c3ccccc32)cc1)c1sc(I)cc1F. The van der Waals surface area contributed by atoms with Crippen molar-refractivity contribution >= 4 is 70.5 Å². The van der Waals surface area contributed by atoms with Crippen LogP contribution in [0.15, 0.2) is 78.9 Å². The van der Waals surface area contributed by atoms with E-state index < -0.39 is 11.8 Å². The van der Waals surface area contributed by atoms with Crippen molar-refractivity contribution in [2.45, 2.75) is 0 Å². The van der Waals surface area contributed by atoms with Crippen molar-refractivity contribution < 1.29 is 13.9 Å². The molecule has 0 unspecified atom stereocenters. The predicted molar refractivity (Wildman–Crippen MR) is 127 cm³/mol. The number of esters is 1. The molecule has 2 nitrogen and oxygen atoms in total. The van der Waals surface area contributed by atoms with E-state index in [1.54, 1.807) is 12.1 Å². The number of benzene rings is 3. The van der Waals surface area contributed by atoms with Crippen LogP contribution in [0.3, 0.4) is 0 Å². The highest BCUT2D eigenvalue weighted by Gasteiger charge is 2.23. The van der Waals surface area contributed by atoms with Gasteiger partial charge in [0.25, 0.3) is 0 Å². The van der Waals surface area contributed by atoms with Gasteiger partial charge in [-0.2, -0.15) is 0 Å². The minimum Gasteiger partial charge on any atom is -0.422 e. The first kappa shape index (κ1) is 18.7. The number of rotatable bonds is 3. The Bertz CT molecular complexity index is 1320. The van der Waals surface area contributed by atoms with Gasteiger partial charge in [0, 0.05) is 33.4 Å². The van der Waals surface area contributed by atoms with Gasteiger partial charge < -0.3 is 4.74 Å². The van der Waals surface area contributed by atoms with E-state index in [2.05, 4.69) is 48.5 Å². The molecule has 142 valence electrons. The fourth-order valence-corrected chi connectivity index (χ4v) is 7.33. The van der Waals surface area contributed by atoms with Crippen LogP contribution >= 0.6 is 44.4 Å². The van der Waals surface area contributed by atoms with Gasteiger partial charge in [0.2, 0.25) is 0 Å². The summed E-state index contributed by atoms with van der Waals surface area (Å²) in [6.07, 6.45) is 0. The van der Waals surface area contributed by atoms with E-state index >= 15 is 0 Å². The van der Waals surface area contributed by atoms with E-state index in [-0.39, 0.29) is 15.3 Å². The molecule has 2 heterocycles. The zero-order valence-corrected chi connectivity index (χ0v) is 18.7. The van der Waals surface area contributed by atoms with Gasteiger partial charge in [-0.15, -0.1) is 11.3 Å². The molecule has 5 aromatic rings. The Balaban J connectivity index is 1.52. The van der Waals surface area contributed by atoms with Crippen molar-refractivity contribution in [3.8, 4) is 10.6 Å². The average molecular weight is 531 g/mol. The molecule has 0 fully saturated rings. The smallest absolute Gasteiger partial charge is 0.356 e. The molecule has 5 rings (SSSR count). The lowest BCUT2D eigenvalue weighted by atomic mass is 10.2. The Labute approximate surface area is 186 Å². The lowest BCUT2D eigenvalue weighted by Crippen LogP contribution is -2.07. The Kier molecular flexibility index (Phi) is 4.85. The topological polar surface area (TPSA) is 26.3 Å². The highest BCUT2D eigenvalue weighted by atomic mass is 127. The van der Waals surface area contributed by atoms with Gasteiger partial charge in [-0.25, -0.2) is 9.18 Å². The van der Waals surface area contributed by atoms with Crippen molar-refractivity contribution in [1.82, 2.24) is 0 Å². The van der Waals surface area contributed by atoms with Crippen molar-refractivity contribution in [2.75, 3.05) is 0 Å². The Hall–Kier alpha value is -2.29. The van der Waals surface area contributed by atoms with Crippen LogP contribution < -0.4 is 4.74 Å². The summed E-state index contributed by atoms with van der Waals surface area (Å²) in [4.78, 5) is 13.4. The summed E-state index contributed by atoms with van der Waals surface area (Å²) in [6, 6.07) is 25.8. The van der Waals surface area contributed by atoms with E-state index in [1.165, 1.54) is 26.2 Å². The summed E-state index contributed by atoms with van der Waals surface area (Å²) in [7, 11) is -0.197. The maximum absolute atomic E-state index is 13.8. The van der Waals surface area contributed by atoms with Crippen molar-refractivity contribution in [1.29, 1.82) is 0 Å². The number of thiophene rings is 2. The first-order valence-corrected chi connectivity index (χ1v) is 11.9. The van der Waals surface area contributed by atoms with Gasteiger partial charge >= 0.3 is 5.97 Å². The quantitative estimate of drug-likeness (QED) is 0.103. The number of fused-ring (bicyclic) bond motifs is 3. The molecule has 0 N–H and O–H groups in total. The largest absolute Gasteiger partial charge is 0.422 e. The van der Waals surface area contributed by atoms with Crippen LogP contribution in [-0.4, -0.2) is 5.97 Å². The maximum Gasteiger partial charge on any atom is 0.356 e. The molecule has 0 amide bonds. The second-order valence-corrected chi connectivity index (χ2v) is 11.3. The minimum absolute atomic E-state index is 0.000927. The third-order valence-corrected chi connectivity index (χ3v) is 8.80. The zero-order chi connectivity index (χ0) is 20.0. The van der Waals surface area contributed by atoms with Gasteiger partial charge in [-0.1, -0.05) is 24.3 Å². The van der Waals surface area contributed by atoms with E-state index in [1.807, 2.05) is 34.7 Å². The molecular formula is C23H13FIO2S2+. The Morgan fingerprint density at radius 3 is 2.03 bits per heavy atom. The van der Waals surface area contributed by atoms with Gasteiger partial charge in [0.05, 0.1) is 2.88 Å². The second kappa shape index (κ2) is 7.51. The number of carbonyl (C=O) groups is 1. The molecule has 0 atom stereocenters. The molecule has 29 heavy (non-hydrogen) atoms. The minimum atomic E-state index is -0.665. The van der Waals surface area contributed by atoms with Crippen molar-refractivity contribution in [3.63, 3.8) is 0 Å². The monoisotopic (exact) mass is 531 g/mol. The van der Waals surface area contributed by atoms with E-state index in [0.717, 1.165) is 16.2 Å². The molecule has 0 radical (unpaired) electrons. The fourth-order valence-electron chi connectivity index (χ4n) is 3.38. The van der Waals surface area contributed by atoms with Gasteiger partial charge in [0.15, 0.2) is 14.3 Å². The van der Waals surface area contributed by atoms with E-state index in [0.29, 0.717) is 8.63 Å². The van der Waals surface area contributed by atoms with Gasteiger partial charge in [0.1, 0.15) is 16.4 Å². The normalized spacial score (nSPS) is 11.2. The molecular weight excluding hydrogens is 518 g/mol. The average Bonchev–Trinajstić information content (AvgIpc) is 3.25. The third-order valence-electron chi connectivity index (χ3n) is 4.62. The maximum atomic E-state index is 13.8. The van der Waals surface area contributed by atoms with Crippen LogP contribution in [0.25, 0.3) is 25.1 Å². The number of halogens is 2. The zero-order valence-electron chi connectivity index (χ0n) is 14.9. The van der Waals surface area contributed by atoms with Gasteiger partial charge in [-0.05, 0) is 65.1 Å². The molecule has 0 saturated carbocycles. The lowest BCUT2D eigenvalue weighted by molar-refractivity contribution is 0.0735. The summed E-state index contributed by atoms with van der Waals surface area (Å²) in [5.41, 5.74) is 0. The number of ether oxygens (including phenoxy) is 1. The number of hydrogen-bond acceptors (Lipinski definition) is 3. The molecule has 0 spiro atoms. The Morgan fingerprint density at radius 2 is 1.48 bits per heavy atom. The summed E-state index contributed by atoms with van der Waals surface area (Å²) >= 11 is 3.08. The highest BCUT2D eigenvalue weighted by molar-refractivity contribution is 14.1. The third kappa shape index (κ3) is 3.35.